The van der Waals surface area contributed by atoms with Crippen LogP contribution in [0.25, 0.3) is 0 Å². The first-order valence-electron chi connectivity index (χ1n) is 6.01. The minimum absolute atomic E-state index is 0.170. The van der Waals surface area contributed by atoms with Gasteiger partial charge in [0.05, 0.1) is 0 Å². The van der Waals surface area contributed by atoms with Crippen molar-refractivity contribution in [3.05, 3.63) is 41.2 Å². The molecule has 20 heavy (non-hydrogen) atoms. The fourth-order valence-electron chi connectivity index (χ4n) is 2.49. The summed E-state index contributed by atoms with van der Waals surface area (Å²) in [6.45, 7) is 0. The van der Waals surface area contributed by atoms with Crippen LogP contribution in [-0.4, -0.2) is 5.71 Å². The molecule has 0 radical (unpaired) electrons. The molecular formula is C13H9F5N2. The molecule has 0 aliphatic heterocycles. The maximum atomic E-state index is 13.4. The van der Waals surface area contributed by atoms with Crippen LogP contribution in [0.5, 0.6) is 0 Å². The molecule has 1 aromatic rings. The van der Waals surface area contributed by atoms with E-state index in [0.29, 0.717) is 18.1 Å². The molecule has 1 N–H and O–H groups in total. The number of halogens is 5. The molecule has 0 amide bonds. The Labute approximate surface area is 111 Å². The maximum Gasteiger partial charge on any atom is 0.200 e. The van der Waals surface area contributed by atoms with Crippen molar-refractivity contribution >= 4 is 11.4 Å². The minimum atomic E-state index is -2.18. The predicted octanol–water partition coefficient (Wildman–Crippen LogP) is 3.75. The highest BCUT2D eigenvalue weighted by atomic mass is 19.2. The number of nitrogens with one attached hydrogen (secondary N) is 1. The lowest BCUT2D eigenvalue weighted by molar-refractivity contribution is 0.381. The van der Waals surface area contributed by atoms with Crippen molar-refractivity contribution in [3.8, 4) is 0 Å². The van der Waals surface area contributed by atoms with Crippen LogP contribution in [0.2, 0.25) is 0 Å². The lowest BCUT2D eigenvalue weighted by Crippen LogP contribution is -2.33. The van der Waals surface area contributed by atoms with Crippen LogP contribution >= 0.6 is 0 Å². The average molecular weight is 288 g/mol. The molecule has 2 nitrogen and oxygen atoms in total. The number of anilines is 1. The van der Waals surface area contributed by atoms with E-state index in [4.69, 9.17) is 0 Å². The summed E-state index contributed by atoms with van der Waals surface area (Å²) in [5.41, 5.74) is 1.52. The SMILES string of the molecule is Fc1c(F)c(F)c(N/N=C2/C[C@H]3C=CC[C@H]23)c(F)c1F. The molecule has 1 aromatic carbocycles. The first kappa shape index (κ1) is 13.1. The highest BCUT2D eigenvalue weighted by molar-refractivity contribution is 5.94. The van der Waals surface area contributed by atoms with Gasteiger partial charge in [0.25, 0.3) is 0 Å². The number of fused-ring (bicyclic) bond motifs is 1. The third kappa shape index (κ3) is 1.80. The summed E-state index contributed by atoms with van der Waals surface area (Å²) in [7, 11) is 0. The lowest BCUT2D eigenvalue weighted by Gasteiger charge is -2.31. The van der Waals surface area contributed by atoms with Gasteiger partial charge >= 0.3 is 0 Å². The molecule has 0 bridgehead atoms. The Kier molecular flexibility index (Phi) is 2.99. The predicted molar refractivity (Wildman–Crippen MR) is 62.6 cm³/mol. The van der Waals surface area contributed by atoms with Crippen LogP contribution in [0, 0.1) is 40.9 Å². The fourth-order valence-corrected chi connectivity index (χ4v) is 2.49. The number of hydrogen-bond donors (Lipinski definition) is 1. The van der Waals surface area contributed by atoms with Gasteiger partial charge in [-0.15, -0.1) is 0 Å². The van der Waals surface area contributed by atoms with Crippen LogP contribution in [0.3, 0.4) is 0 Å². The molecule has 1 saturated carbocycles. The molecule has 0 heterocycles. The smallest absolute Gasteiger partial charge is 0.200 e. The number of benzene rings is 1. The molecule has 0 saturated heterocycles. The molecule has 2 atom stereocenters. The Morgan fingerprint density at radius 3 is 2.15 bits per heavy atom. The second-order valence-corrected chi connectivity index (χ2v) is 4.80. The molecule has 7 heteroatoms. The van der Waals surface area contributed by atoms with Gasteiger partial charge in [-0.25, -0.2) is 22.0 Å². The second-order valence-electron chi connectivity index (χ2n) is 4.80. The third-order valence-corrected chi connectivity index (χ3v) is 3.68. The number of rotatable bonds is 2. The first-order valence-corrected chi connectivity index (χ1v) is 6.01. The fraction of sp³-hybridized carbons (Fsp3) is 0.308. The van der Waals surface area contributed by atoms with Crippen LogP contribution in [0.4, 0.5) is 27.6 Å². The maximum absolute atomic E-state index is 13.4. The number of hydrazone groups is 1. The van der Waals surface area contributed by atoms with Crippen molar-refractivity contribution in [2.24, 2.45) is 16.9 Å². The molecule has 2 aliphatic rings. The summed E-state index contributed by atoms with van der Waals surface area (Å²) < 4.78 is 65.6. The number of allylic oxidation sites excluding steroid dienone is 2. The summed E-state index contributed by atoms with van der Waals surface area (Å²) in [6, 6.07) is 0. The van der Waals surface area contributed by atoms with Gasteiger partial charge in [0.1, 0.15) is 5.69 Å². The quantitative estimate of drug-likeness (QED) is 0.289. The Morgan fingerprint density at radius 1 is 0.950 bits per heavy atom. The zero-order chi connectivity index (χ0) is 14.4. The first-order chi connectivity index (χ1) is 9.50. The van der Waals surface area contributed by atoms with Gasteiger partial charge in [-0.1, -0.05) is 12.2 Å². The van der Waals surface area contributed by atoms with Gasteiger partial charge < -0.3 is 0 Å². The Balaban J connectivity index is 1.87. The molecule has 0 aromatic heterocycles. The molecule has 0 unspecified atom stereocenters. The molecule has 2 aliphatic carbocycles. The zero-order valence-electron chi connectivity index (χ0n) is 10.1. The van der Waals surface area contributed by atoms with Crippen molar-refractivity contribution in [2.45, 2.75) is 12.8 Å². The molecule has 1 fully saturated rings. The van der Waals surface area contributed by atoms with E-state index in [0.717, 1.165) is 6.42 Å². The van der Waals surface area contributed by atoms with E-state index in [9.17, 15) is 22.0 Å². The van der Waals surface area contributed by atoms with Crippen LogP contribution in [0.15, 0.2) is 17.3 Å². The second kappa shape index (κ2) is 4.57. The molecular weight excluding hydrogens is 279 g/mol. The molecule has 106 valence electrons. The summed E-state index contributed by atoms with van der Waals surface area (Å²) >= 11 is 0. The van der Waals surface area contributed by atoms with Gasteiger partial charge in [0, 0.05) is 11.6 Å². The van der Waals surface area contributed by atoms with Crippen LogP contribution in [-0.2, 0) is 0 Å². The standard InChI is InChI=1S/C13H9F5N2/c14-8-9(15)11(17)13(12(18)10(8)16)20-19-7-4-5-2-1-3-6(5)7/h1-2,5-6,20H,3-4H2/b19-7-/t5-,6+/m1/s1. The Morgan fingerprint density at radius 2 is 1.55 bits per heavy atom. The average Bonchev–Trinajstić information content (AvgIpc) is 2.79. The molecule has 0 spiro atoms. The van der Waals surface area contributed by atoms with E-state index >= 15 is 0 Å². The third-order valence-electron chi connectivity index (χ3n) is 3.68. The largest absolute Gasteiger partial charge is 0.272 e. The minimum Gasteiger partial charge on any atom is -0.272 e. The van der Waals surface area contributed by atoms with Gasteiger partial charge in [-0.05, 0) is 18.8 Å². The van der Waals surface area contributed by atoms with Gasteiger partial charge in [0.2, 0.25) is 5.82 Å². The summed E-state index contributed by atoms with van der Waals surface area (Å²) in [4.78, 5) is 0. The molecule has 3 rings (SSSR count). The Bertz CT molecular complexity index is 609. The van der Waals surface area contributed by atoms with Gasteiger partial charge in [-0.2, -0.15) is 5.10 Å². The van der Waals surface area contributed by atoms with Crippen molar-refractivity contribution in [3.63, 3.8) is 0 Å². The Hall–Kier alpha value is -1.92. The van der Waals surface area contributed by atoms with E-state index in [-0.39, 0.29) is 5.92 Å². The van der Waals surface area contributed by atoms with Crippen molar-refractivity contribution in [2.75, 3.05) is 5.43 Å². The van der Waals surface area contributed by atoms with E-state index < -0.39 is 34.8 Å². The van der Waals surface area contributed by atoms with E-state index in [1.807, 2.05) is 17.6 Å². The topological polar surface area (TPSA) is 24.4 Å². The lowest BCUT2D eigenvalue weighted by atomic mass is 9.74. The highest BCUT2D eigenvalue weighted by Gasteiger charge is 2.38. The van der Waals surface area contributed by atoms with Gasteiger partial charge in [-0.3, -0.25) is 5.43 Å². The number of hydrogen-bond acceptors (Lipinski definition) is 2. The van der Waals surface area contributed by atoms with Crippen LogP contribution < -0.4 is 5.43 Å². The zero-order valence-corrected chi connectivity index (χ0v) is 10.1. The summed E-state index contributed by atoms with van der Waals surface area (Å²) in [6.07, 6.45) is 5.42. The number of nitrogens with zero attached hydrogens (tertiary/aromatic N) is 1. The monoisotopic (exact) mass is 288 g/mol. The van der Waals surface area contributed by atoms with E-state index in [1.165, 1.54) is 0 Å². The van der Waals surface area contributed by atoms with Crippen molar-refractivity contribution in [1.29, 1.82) is 0 Å². The highest BCUT2D eigenvalue weighted by Crippen LogP contribution is 2.40. The summed E-state index contributed by atoms with van der Waals surface area (Å²) in [5, 5.41) is 3.77. The van der Waals surface area contributed by atoms with Crippen molar-refractivity contribution < 1.29 is 22.0 Å². The van der Waals surface area contributed by atoms with Crippen LogP contribution in [0.1, 0.15) is 12.8 Å². The van der Waals surface area contributed by atoms with Gasteiger partial charge in [0.15, 0.2) is 23.3 Å². The van der Waals surface area contributed by atoms with Crippen molar-refractivity contribution in [1.82, 2.24) is 0 Å². The summed E-state index contributed by atoms with van der Waals surface area (Å²) in [5.74, 6) is -9.43. The van der Waals surface area contributed by atoms with E-state index in [2.05, 4.69) is 5.10 Å². The van der Waals surface area contributed by atoms with E-state index in [1.54, 1.807) is 0 Å². The normalized spacial score (nSPS) is 25.8.